The first-order valence-corrected chi connectivity index (χ1v) is 9.99. The quantitative estimate of drug-likeness (QED) is 0.669. The maximum absolute atomic E-state index is 13.0. The summed E-state index contributed by atoms with van der Waals surface area (Å²) in [5.41, 5.74) is 0.914. The van der Waals surface area contributed by atoms with Gasteiger partial charge < -0.3 is 19.9 Å². The number of amides is 2. The molecule has 2 aromatic rings. The Morgan fingerprint density at radius 2 is 2.06 bits per heavy atom. The van der Waals surface area contributed by atoms with E-state index in [1.165, 1.54) is 39.9 Å². The number of methoxy groups -OCH3 is 1. The van der Waals surface area contributed by atoms with Gasteiger partial charge in [0.2, 0.25) is 11.8 Å². The van der Waals surface area contributed by atoms with Crippen molar-refractivity contribution >= 4 is 23.2 Å². The van der Waals surface area contributed by atoms with Crippen LogP contribution in [-0.2, 0) is 20.9 Å². The normalized spacial score (nSPS) is 15.7. The van der Waals surface area contributed by atoms with E-state index in [0.29, 0.717) is 44.0 Å². The number of rotatable bonds is 8. The molecule has 1 unspecified atom stereocenters. The summed E-state index contributed by atoms with van der Waals surface area (Å²) >= 11 is 0. The number of ether oxygens (including phenoxy) is 1. The van der Waals surface area contributed by atoms with Gasteiger partial charge in [0.15, 0.2) is 0 Å². The molecule has 0 radical (unpaired) electrons. The van der Waals surface area contributed by atoms with Crippen LogP contribution in [0.1, 0.15) is 6.42 Å². The number of carbonyl (C=O) groups is 2. The molecular formula is C21H26FN5O4. The zero-order valence-electron chi connectivity index (χ0n) is 17.6. The van der Waals surface area contributed by atoms with Crippen molar-refractivity contribution in [3.05, 3.63) is 52.7 Å². The number of hydrogen-bond donors (Lipinski definition) is 1. The van der Waals surface area contributed by atoms with Crippen LogP contribution in [0.4, 0.5) is 15.8 Å². The molecule has 0 saturated carbocycles. The molecule has 2 heterocycles. The molecule has 31 heavy (non-hydrogen) atoms. The number of nitrogens with one attached hydrogen (secondary N) is 1. The third kappa shape index (κ3) is 5.88. The average molecular weight is 431 g/mol. The predicted molar refractivity (Wildman–Crippen MR) is 113 cm³/mol. The number of halogens is 1. The fourth-order valence-corrected chi connectivity index (χ4v) is 3.48. The van der Waals surface area contributed by atoms with Gasteiger partial charge in [-0.05, 0) is 30.7 Å². The fraction of sp³-hybridized carbons (Fsp3) is 0.429. The standard InChI is InChI=1S/C21H26FN5O4/c1-25(14-19(28)24-17-5-3-16(22)4-6-17)21(30)15-7-8-26(13-15)18-11-20(29)27(23-12-18)9-10-31-2/h3-6,11-12,15H,7-10,13-14H2,1-2H3,(H,24,28). The molecule has 1 aliphatic rings. The van der Waals surface area contributed by atoms with E-state index < -0.39 is 5.82 Å². The smallest absolute Gasteiger partial charge is 0.268 e. The molecule has 1 aromatic carbocycles. The predicted octanol–water partition coefficient (Wildman–Crippen LogP) is 0.952. The fourth-order valence-electron chi connectivity index (χ4n) is 3.48. The number of aromatic nitrogens is 2. The van der Waals surface area contributed by atoms with Crippen molar-refractivity contribution in [1.82, 2.24) is 14.7 Å². The summed E-state index contributed by atoms with van der Waals surface area (Å²) < 4.78 is 19.3. The highest BCUT2D eigenvalue weighted by Gasteiger charge is 2.31. The summed E-state index contributed by atoms with van der Waals surface area (Å²) in [6, 6.07) is 6.93. The van der Waals surface area contributed by atoms with Gasteiger partial charge in [-0.3, -0.25) is 14.4 Å². The summed E-state index contributed by atoms with van der Waals surface area (Å²) in [5.74, 6) is -1.17. The van der Waals surface area contributed by atoms with Crippen molar-refractivity contribution in [3.63, 3.8) is 0 Å². The molecule has 3 rings (SSSR count). The first-order valence-electron chi connectivity index (χ1n) is 9.99. The Kier molecular flexibility index (Phi) is 7.35. The molecule has 166 valence electrons. The lowest BCUT2D eigenvalue weighted by molar-refractivity contribution is -0.136. The zero-order valence-corrected chi connectivity index (χ0v) is 17.6. The van der Waals surface area contributed by atoms with E-state index in [1.807, 2.05) is 4.90 Å². The van der Waals surface area contributed by atoms with Crippen molar-refractivity contribution in [2.45, 2.75) is 13.0 Å². The molecular weight excluding hydrogens is 405 g/mol. The van der Waals surface area contributed by atoms with Gasteiger partial charge in [0.1, 0.15) is 5.82 Å². The Morgan fingerprint density at radius 1 is 1.32 bits per heavy atom. The van der Waals surface area contributed by atoms with E-state index in [2.05, 4.69) is 10.4 Å². The highest BCUT2D eigenvalue weighted by Crippen LogP contribution is 2.23. The number of likely N-dealkylation sites (N-methyl/N-ethyl adjacent to an activating group) is 1. The molecule has 1 saturated heterocycles. The van der Waals surface area contributed by atoms with Crippen molar-refractivity contribution in [2.24, 2.45) is 5.92 Å². The van der Waals surface area contributed by atoms with Gasteiger partial charge in [-0.25, -0.2) is 9.07 Å². The Balaban J connectivity index is 1.53. The van der Waals surface area contributed by atoms with Gasteiger partial charge in [0.05, 0.1) is 37.5 Å². The summed E-state index contributed by atoms with van der Waals surface area (Å²) in [6.07, 6.45) is 2.24. The third-order valence-corrected chi connectivity index (χ3v) is 5.15. The number of anilines is 2. The summed E-state index contributed by atoms with van der Waals surface area (Å²) in [7, 11) is 3.14. The van der Waals surface area contributed by atoms with Gasteiger partial charge in [-0.1, -0.05) is 0 Å². The number of carbonyl (C=O) groups excluding carboxylic acids is 2. The second-order valence-electron chi connectivity index (χ2n) is 7.45. The average Bonchev–Trinajstić information content (AvgIpc) is 3.24. The van der Waals surface area contributed by atoms with Gasteiger partial charge in [-0.15, -0.1) is 0 Å². The maximum atomic E-state index is 13.0. The molecule has 1 aliphatic heterocycles. The van der Waals surface area contributed by atoms with E-state index in [4.69, 9.17) is 4.74 Å². The lowest BCUT2D eigenvalue weighted by Gasteiger charge is -2.22. The summed E-state index contributed by atoms with van der Waals surface area (Å²) in [6.45, 7) is 1.74. The largest absolute Gasteiger partial charge is 0.383 e. The molecule has 1 N–H and O–H groups in total. The monoisotopic (exact) mass is 431 g/mol. The second kappa shape index (κ2) is 10.2. The molecule has 1 atom stereocenters. The maximum Gasteiger partial charge on any atom is 0.268 e. The van der Waals surface area contributed by atoms with Crippen LogP contribution in [0.2, 0.25) is 0 Å². The van der Waals surface area contributed by atoms with E-state index in [9.17, 15) is 18.8 Å². The SMILES string of the molecule is COCCn1ncc(N2CCC(C(=O)N(C)CC(=O)Nc3ccc(F)cc3)C2)cc1=O. The van der Waals surface area contributed by atoms with Crippen LogP contribution in [0, 0.1) is 11.7 Å². The van der Waals surface area contributed by atoms with Crippen LogP contribution >= 0.6 is 0 Å². The van der Waals surface area contributed by atoms with Crippen molar-refractivity contribution < 1.29 is 18.7 Å². The van der Waals surface area contributed by atoms with E-state index >= 15 is 0 Å². The first kappa shape index (κ1) is 22.4. The molecule has 2 amide bonds. The Bertz CT molecular complexity index is 978. The lowest BCUT2D eigenvalue weighted by atomic mass is 10.1. The van der Waals surface area contributed by atoms with E-state index in [1.54, 1.807) is 20.4 Å². The molecule has 1 aromatic heterocycles. The minimum absolute atomic E-state index is 0.107. The first-order chi connectivity index (χ1) is 14.9. The molecule has 10 heteroatoms. The van der Waals surface area contributed by atoms with E-state index in [0.717, 1.165) is 0 Å². The Hall–Kier alpha value is -3.27. The summed E-state index contributed by atoms with van der Waals surface area (Å²) in [5, 5.41) is 6.80. The number of benzene rings is 1. The van der Waals surface area contributed by atoms with Crippen molar-refractivity contribution in [3.8, 4) is 0 Å². The molecule has 0 bridgehead atoms. The van der Waals surface area contributed by atoms with Crippen LogP contribution < -0.4 is 15.8 Å². The molecule has 0 aliphatic carbocycles. The van der Waals surface area contributed by atoms with Crippen molar-refractivity contribution in [2.75, 3.05) is 50.6 Å². The molecule has 1 fully saturated rings. The van der Waals surface area contributed by atoms with Crippen LogP contribution in [0.15, 0.2) is 41.3 Å². The van der Waals surface area contributed by atoms with Crippen LogP contribution in [-0.4, -0.2) is 66.9 Å². The van der Waals surface area contributed by atoms with Crippen LogP contribution in [0.25, 0.3) is 0 Å². The van der Waals surface area contributed by atoms with Gasteiger partial charge in [0.25, 0.3) is 5.56 Å². The third-order valence-electron chi connectivity index (χ3n) is 5.15. The van der Waals surface area contributed by atoms with Gasteiger partial charge in [0, 0.05) is 39.0 Å². The minimum Gasteiger partial charge on any atom is -0.383 e. The van der Waals surface area contributed by atoms with Crippen LogP contribution in [0.3, 0.4) is 0 Å². The number of nitrogens with zero attached hydrogens (tertiary/aromatic N) is 4. The molecule has 0 spiro atoms. The zero-order chi connectivity index (χ0) is 22.4. The highest BCUT2D eigenvalue weighted by molar-refractivity contribution is 5.94. The highest BCUT2D eigenvalue weighted by atomic mass is 19.1. The van der Waals surface area contributed by atoms with Crippen molar-refractivity contribution in [1.29, 1.82) is 0 Å². The van der Waals surface area contributed by atoms with Crippen LogP contribution in [0.5, 0.6) is 0 Å². The molecule has 9 nitrogen and oxygen atoms in total. The van der Waals surface area contributed by atoms with Gasteiger partial charge in [-0.2, -0.15) is 5.10 Å². The van der Waals surface area contributed by atoms with Gasteiger partial charge >= 0.3 is 0 Å². The summed E-state index contributed by atoms with van der Waals surface area (Å²) in [4.78, 5) is 40.5. The minimum atomic E-state index is -0.390. The number of hydrogen-bond acceptors (Lipinski definition) is 6. The Labute approximate surface area is 179 Å². The van der Waals surface area contributed by atoms with E-state index in [-0.39, 0.29) is 29.8 Å². The topological polar surface area (TPSA) is 96.8 Å². The second-order valence-corrected chi connectivity index (χ2v) is 7.45. The lowest BCUT2D eigenvalue weighted by Crippen LogP contribution is -2.39. The Morgan fingerprint density at radius 3 is 2.74 bits per heavy atom.